The molecular formula is C10H20N2O3. The van der Waals surface area contributed by atoms with Gasteiger partial charge in [0, 0.05) is 6.04 Å². The number of hydrogen-bond acceptors (Lipinski definition) is 3. The van der Waals surface area contributed by atoms with E-state index in [1.165, 1.54) is 0 Å². The Labute approximate surface area is 90.2 Å². The monoisotopic (exact) mass is 216 g/mol. The van der Waals surface area contributed by atoms with E-state index in [1.807, 2.05) is 20.8 Å². The zero-order valence-corrected chi connectivity index (χ0v) is 9.54. The molecule has 1 unspecified atom stereocenters. The Morgan fingerprint density at radius 3 is 2.33 bits per heavy atom. The highest BCUT2D eigenvalue weighted by atomic mass is 16.4. The maximum absolute atomic E-state index is 11.2. The van der Waals surface area contributed by atoms with E-state index in [-0.39, 0.29) is 18.5 Å². The fourth-order valence-corrected chi connectivity index (χ4v) is 1.19. The first-order valence-electron chi connectivity index (χ1n) is 5.23. The van der Waals surface area contributed by atoms with Gasteiger partial charge in [-0.15, -0.1) is 0 Å². The Hall–Kier alpha value is -1.10. The van der Waals surface area contributed by atoms with Gasteiger partial charge in [-0.05, 0) is 20.3 Å². The van der Waals surface area contributed by atoms with Gasteiger partial charge in [-0.3, -0.25) is 14.9 Å². The molecule has 5 heteroatoms. The Kier molecular flexibility index (Phi) is 6.70. The van der Waals surface area contributed by atoms with Gasteiger partial charge in [0.1, 0.15) is 6.04 Å². The third-order valence-electron chi connectivity index (χ3n) is 1.83. The van der Waals surface area contributed by atoms with Crippen LogP contribution in [0.25, 0.3) is 0 Å². The summed E-state index contributed by atoms with van der Waals surface area (Å²) in [5.74, 6) is -1.08. The lowest BCUT2D eigenvalue weighted by atomic mass is 10.2. The number of carbonyl (C=O) groups excluding carboxylic acids is 1. The maximum Gasteiger partial charge on any atom is 0.320 e. The average molecular weight is 216 g/mol. The van der Waals surface area contributed by atoms with Gasteiger partial charge < -0.3 is 10.4 Å². The summed E-state index contributed by atoms with van der Waals surface area (Å²) in [4.78, 5) is 21.9. The predicted octanol–water partition coefficient (Wildman–Crippen LogP) is 0.354. The average Bonchev–Trinajstić information content (AvgIpc) is 2.10. The zero-order chi connectivity index (χ0) is 11.8. The number of carboxylic acids is 1. The molecule has 0 fully saturated rings. The van der Waals surface area contributed by atoms with Gasteiger partial charge in [-0.1, -0.05) is 13.3 Å². The van der Waals surface area contributed by atoms with Crippen molar-refractivity contribution in [2.24, 2.45) is 0 Å². The summed E-state index contributed by atoms with van der Waals surface area (Å²) in [7, 11) is 0. The number of aliphatic carboxylic acids is 1. The van der Waals surface area contributed by atoms with Gasteiger partial charge in [-0.25, -0.2) is 0 Å². The minimum atomic E-state index is -0.908. The molecule has 0 bridgehead atoms. The van der Waals surface area contributed by atoms with E-state index in [0.717, 1.165) is 6.42 Å². The van der Waals surface area contributed by atoms with Crippen LogP contribution >= 0.6 is 0 Å². The Balaban J connectivity index is 3.88. The molecule has 0 rings (SSSR count). The topological polar surface area (TPSA) is 78.4 Å². The molecule has 1 amide bonds. The molecule has 1 atom stereocenters. The van der Waals surface area contributed by atoms with Crippen LogP contribution in [0.4, 0.5) is 0 Å². The molecule has 0 aliphatic rings. The Morgan fingerprint density at radius 2 is 1.93 bits per heavy atom. The third-order valence-corrected chi connectivity index (χ3v) is 1.83. The second-order valence-electron chi connectivity index (χ2n) is 3.78. The van der Waals surface area contributed by atoms with Crippen LogP contribution < -0.4 is 10.6 Å². The van der Waals surface area contributed by atoms with Crippen molar-refractivity contribution in [3.8, 4) is 0 Å². The summed E-state index contributed by atoms with van der Waals surface area (Å²) in [5.41, 5.74) is 0. The molecule has 0 aliphatic heterocycles. The molecule has 0 spiro atoms. The molecule has 0 radical (unpaired) electrons. The maximum atomic E-state index is 11.2. The quantitative estimate of drug-likeness (QED) is 0.574. The molecule has 3 N–H and O–H groups in total. The summed E-state index contributed by atoms with van der Waals surface area (Å²) in [6, 6.07) is -0.554. The number of nitrogens with one attached hydrogen (secondary N) is 2. The van der Waals surface area contributed by atoms with Gasteiger partial charge >= 0.3 is 5.97 Å². The van der Waals surface area contributed by atoms with Crippen LogP contribution in [0.1, 0.15) is 33.6 Å². The number of rotatable bonds is 7. The second-order valence-corrected chi connectivity index (χ2v) is 3.78. The lowest BCUT2D eigenvalue weighted by Crippen LogP contribution is -2.44. The van der Waals surface area contributed by atoms with Crippen molar-refractivity contribution in [3.63, 3.8) is 0 Å². The molecule has 15 heavy (non-hydrogen) atoms. The normalized spacial score (nSPS) is 12.5. The van der Waals surface area contributed by atoms with Gasteiger partial charge in [0.05, 0.1) is 6.54 Å². The van der Waals surface area contributed by atoms with Gasteiger partial charge in [0.15, 0.2) is 0 Å². The van der Waals surface area contributed by atoms with E-state index in [2.05, 4.69) is 10.6 Å². The summed E-state index contributed by atoms with van der Waals surface area (Å²) < 4.78 is 0. The first-order chi connectivity index (χ1) is 6.97. The number of amides is 1. The van der Waals surface area contributed by atoms with E-state index >= 15 is 0 Å². The minimum absolute atomic E-state index is 0.0507. The number of carboxylic acid groups (broad SMARTS) is 1. The summed E-state index contributed by atoms with van der Waals surface area (Å²) in [5, 5.41) is 14.2. The molecule has 0 aromatic heterocycles. The number of hydrogen-bond donors (Lipinski definition) is 3. The molecular weight excluding hydrogens is 196 g/mol. The molecule has 0 saturated carbocycles. The van der Waals surface area contributed by atoms with Crippen molar-refractivity contribution in [2.45, 2.75) is 45.7 Å². The molecule has 5 nitrogen and oxygen atoms in total. The first-order valence-corrected chi connectivity index (χ1v) is 5.23. The lowest BCUT2D eigenvalue weighted by Gasteiger charge is -2.14. The number of carbonyl (C=O) groups is 2. The van der Waals surface area contributed by atoms with Crippen molar-refractivity contribution < 1.29 is 14.7 Å². The van der Waals surface area contributed by atoms with Crippen molar-refractivity contribution in [3.05, 3.63) is 0 Å². The first kappa shape index (κ1) is 13.9. The van der Waals surface area contributed by atoms with Crippen LogP contribution in [-0.2, 0) is 9.59 Å². The third kappa shape index (κ3) is 6.90. The highest BCUT2D eigenvalue weighted by Crippen LogP contribution is 1.95. The van der Waals surface area contributed by atoms with Crippen LogP contribution in [0.5, 0.6) is 0 Å². The van der Waals surface area contributed by atoms with Gasteiger partial charge in [0.2, 0.25) is 5.91 Å². The largest absolute Gasteiger partial charge is 0.480 e. The molecule has 0 saturated heterocycles. The predicted molar refractivity (Wildman–Crippen MR) is 57.6 cm³/mol. The molecule has 0 aliphatic carbocycles. The van der Waals surface area contributed by atoms with E-state index in [0.29, 0.717) is 6.42 Å². The van der Waals surface area contributed by atoms with Crippen LogP contribution in [-0.4, -0.2) is 35.6 Å². The summed E-state index contributed by atoms with van der Waals surface area (Å²) in [6.45, 7) is 5.68. The van der Waals surface area contributed by atoms with Crippen LogP contribution in [0.2, 0.25) is 0 Å². The second kappa shape index (κ2) is 7.23. The zero-order valence-electron chi connectivity index (χ0n) is 9.54. The minimum Gasteiger partial charge on any atom is -0.480 e. The fourth-order valence-electron chi connectivity index (χ4n) is 1.19. The molecule has 88 valence electrons. The van der Waals surface area contributed by atoms with Crippen molar-refractivity contribution in [1.82, 2.24) is 10.6 Å². The smallest absolute Gasteiger partial charge is 0.320 e. The lowest BCUT2D eigenvalue weighted by molar-refractivity contribution is -0.139. The summed E-state index contributed by atoms with van der Waals surface area (Å²) in [6.07, 6.45) is 1.31. The van der Waals surface area contributed by atoms with Crippen molar-refractivity contribution in [1.29, 1.82) is 0 Å². The van der Waals surface area contributed by atoms with Crippen LogP contribution in [0, 0.1) is 0 Å². The molecule has 0 aromatic carbocycles. The van der Waals surface area contributed by atoms with Crippen molar-refractivity contribution >= 4 is 11.9 Å². The van der Waals surface area contributed by atoms with Crippen LogP contribution in [0.3, 0.4) is 0 Å². The standard InChI is InChI=1S/C10H20N2O3/c1-4-5-8(10(14)15)11-6-9(13)12-7(2)3/h7-8,11H,4-6H2,1-3H3,(H,12,13)(H,14,15). The molecule has 0 heterocycles. The van der Waals surface area contributed by atoms with E-state index in [9.17, 15) is 9.59 Å². The van der Waals surface area contributed by atoms with E-state index in [4.69, 9.17) is 5.11 Å². The van der Waals surface area contributed by atoms with Crippen molar-refractivity contribution in [2.75, 3.05) is 6.54 Å². The van der Waals surface area contributed by atoms with E-state index < -0.39 is 12.0 Å². The van der Waals surface area contributed by atoms with Gasteiger partial charge in [-0.2, -0.15) is 0 Å². The highest BCUT2D eigenvalue weighted by Gasteiger charge is 2.16. The highest BCUT2D eigenvalue weighted by molar-refractivity contribution is 5.80. The SMILES string of the molecule is CCCC(NCC(=O)NC(C)C)C(=O)O. The van der Waals surface area contributed by atoms with Crippen LogP contribution in [0.15, 0.2) is 0 Å². The Bertz CT molecular complexity index is 217. The fraction of sp³-hybridized carbons (Fsp3) is 0.800. The molecule has 0 aromatic rings. The summed E-state index contributed by atoms with van der Waals surface area (Å²) >= 11 is 0. The van der Waals surface area contributed by atoms with E-state index in [1.54, 1.807) is 0 Å². The Morgan fingerprint density at radius 1 is 1.33 bits per heavy atom. The van der Waals surface area contributed by atoms with Gasteiger partial charge in [0.25, 0.3) is 0 Å².